The summed E-state index contributed by atoms with van der Waals surface area (Å²) in [5.41, 5.74) is 5.66. The maximum Gasteiger partial charge on any atom is 0.0593 e. The number of nitrogens with zero attached hydrogens (tertiary/aromatic N) is 1. The molecular formula is C10H22N2O. The van der Waals surface area contributed by atoms with E-state index in [0.29, 0.717) is 12.0 Å². The van der Waals surface area contributed by atoms with Crippen molar-refractivity contribution in [2.75, 3.05) is 32.8 Å². The predicted molar refractivity (Wildman–Crippen MR) is 54.7 cm³/mol. The summed E-state index contributed by atoms with van der Waals surface area (Å²) in [5.74, 6) is 0.582. The monoisotopic (exact) mass is 186 g/mol. The van der Waals surface area contributed by atoms with Gasteiger partial charge >= 0.3 is 0 Å². The SMILES string of the molecule is CC(CN)C(C)N1CCCOCC1. The average Bonchev–Trinajstić information content (AvgIpc) is 2.43. The summed E-state index contributed by atoms with van der Waals surface area (Å²) in [5, 5.41) is 0. The van der Waals surface area contributed by atoms with Gasteiger partial charge in [-0.25, -0.2) is 0 Å². The molecule has 13 heavy (non-hydrogen) atoms. The van der Waals surface area contributed by atoms with Gasteiger partial charge in [-0.05, 0) is 25.8 Å². The quantitative estimate of drug-likeness (QED) is 0.705. The van der Waals surface area contributed by atoms with Crippen molar-refractivity contribution in [2.24, 2.45) is 11.7 Å². The second-order valence-corrected chi connectivity index (χ2v) is 3.96. The number of ether oxygens (including phenoxy) is 1. The molecule has 2 N–H and O–H groups in total. The first-order valence-corrected chi connectivity index (χ1v) is 5.27. The highest BCUT2D eigenvalue weighted by atomic mass is 16.5. The van der Waals surface area contributed by atoms with Crippen molar-refractivity contribution < 1.29 is 4.74 Å². The van der Waals surface area contributed by atoms with Crippen LogP contribution in [0.25, 0.3) is 0 Å². The standard InChI is InChI=1S/C10H22N2O/c1-9(8-11)10(2)12-4-3-6-13-7-5-12/h9-10H,3-8,11H2,1-2H3. The van der Waals surface area contributed by atoms with Crippen molar-refractivity contribution in [1.29, 1.82) is 0 Å². The predicted octanol–water partition coefficient (Wildman–Crippen LogP) is 0.692. The third-order valence-corrected chi connectivity index (χ3v) is 3.03. The zero-order valence-electron chi connectivity index (χ0n) is 8.83. The van der Waals surface area contributed by atoms with Crippen molar-refractivity contribution >= 4 is 0 Å². The molecule has 1 heterocycles. The van der Waals surface area contributed by atoms with E-state index in [1.807, 2.05) is 0 Å². The minimum absolute atomic E-state index is 0.582. The minimum Gasteiger partial charge on any atom is -0.380 e. The Morgan fingerprint density at radius 2 is 2.08 bits per heavy atom. The van der Waals surface area contributed by atoms with E-state index in [2.05, 4.69) is 18.7 Å². The maximum atomic E-state index is 5.66. The Hall–Kier alpha value is -0.120. The molecule has 1 aliphatic rings. The molecule has 0 aliphatic carbocycles. The molecule has 1 rings (SSSR count). The third-order valence-electron chi connectivity index (χ3n) is 3.03. The second kappa shape index (κ2) is 5.58. The van der Waals surface area contributed by atoms with Crippen molar-refractivity contribution in [1.82, 2.24) is 4.90 Å². The molecular weight excluding hydrogens is 164 g/mol. The van der Waals surface area contributed by atoms with Crippen LogP contribution in [0.4, 0.5) is 0 Å². The minimum atomic E-state index is 0.582. The Balaban J connectivity index is 2.38. The van der Waals surface area contributed by atoms with Gasteiger partial charge in [0, 0.05) is 25.7 Å². The fraction of sp³-hybridized carbons (Fsp3) is 1.00. The maximum absolute atomic E-state index is 5.66. The van der Waals surface area contributed by atoms with Gasteiger partial charge in [-0.1, -0.05) is 6.92 Å². The first-order valence-electron chi connectivity index (χ1n) is 5.27. The largest absolute Gasteiger partial charge is 0.380 e. The molecule has 1 aliphatic heterocycles. The zero-order valence-corrected chi connectivity index (χ0v) is 8.83. The lowest BCUT2D eigenvalue weighted by Gasteiger charge is -2.31. The molecule has 0 bridgehead atoms. The first-order chi connectivity index (χ1) is 6.25. The lowest BCUT2D eigenvalue weighted by Crippen LogP contribution is -2.41. The lowest BCUT2D eigenvalue weighted by atomic mass is 10.0. The molecule has 1 saturated heterocycles. The van der Waals surface area contributed by atoms with Crippen molar-refractivity contribution in [2.45, 2.75) is 26.3 Å². The molecule has 0 aromatic rings. The molecule has 3 heteroatoms. The molecule has 1 fully saturated rings. The van der Waals surface area contributed by atoms with Crippen LogP contribution in [0.2, 0.25) is 0 Å². The number of rotatable bonds is 3. The third kappa shape index (κ3) is 3.25. The van der Waals surface area contributed by atoms with Gasteiger partial charge in [0.1, 0.15) is 0 Å². The van der Waals surface area contributed by atoms with E-state index in [-0.39, 0.29) is 0 Å². The van der Waals surface area contributed by atoms with Crippen LogP contribution in [-0.4, -0.2) is 43.8 Å². The molecule has 0 spiro atoms. The molecule has 0 amide bonds. The number of nitrogens with two attached hydrogens (primary N) is 1. The summed E-state index contributed by atoms with van der Waals surface area (Å²) in [7, 11) is 0. The van der Waals surface area contributed by atoms with Crippen LogP contribution in [0.1, 0.15) is 20.3 Å². The molecule has 78 valence electrons. The van der Waals surface area contributed by atoms with Crippen LogP contribution in [-0.2, 0) is 4.74 Å². The van der Waals surface area contributed by atoms with Crippen molar-refractivity contribution in [3.63, 3.8) is 0 Å². The van der Waals surface area contributed by atoms with Crippen LogP contribution < -0.4 is 5.73 Å². The smallest absolute Gasteiger partial charge is 0.0593 e. The van der Waals surface area contributed by atoms with Crippen LogP contribution in [0.5, 0.6) is 0 Å². The number of hydrogen-bond donors (Lipinski definition) is 1. The highest BCUT2D eigenvalue weighted by molar-refractivity contribution is 4.74. The van der Waals surface area contributed by atoms with E-state index in [1.54, 1.807) is 0 Å². The summed E-state index contributed by atoms with van der Waals surface area (Å²) >= 11 is 0. The Bertz CT molecular complexity index is 133. The van der Waals surface area contributed by atoms with Gasteiger partial charge in [-0.2, -0.15) is 0 Å². The summed E-state index contributed by atoms with van der Waals surface area (Å²) < 4.78 is 5.42. The van der Waals surface area contributed by atoms with E-state index < -0.39 is 0 Å². The van der Waals surface area contributed by atoms with Crippen LogP contribution >= 0.6 is 0 Å². The van der Waals surface area contributed by atoms with Crippen molar-refractivity contribution in [3.05, 3.63) is 0 Å². The Labute approximate surface area is 81.2 Å². The van der Waals surface area contributed by atoms with Crippen LogP contribution in [0.15, 0.2) is 0 Å². The fourth-order valence-electron chi connectivity index (χ4n) is 1.73. The van der Waals surface area contributed by atoms with E-state index in [4.69, 9.17) is 10.5 Å². The summed E-state index contributed by atoms with van der Waals surface area (Å²) in [6.45, 7) is 9.27. The van der Waals surface area contributed by atoms with Gasteiger partial charge in [-0.3, -0.25) is 4.90 Å². The topological polar surface area (TPSA) is 38.5 Å². The van der Waals surface area contributed by atoms with E-state index in [0.717, 1.165) is 39.3 Å². The Kier molecular flexibility index (Phi) is 4.70. The summed E-state index contributed by atoms with van der Waals surface area (Å²) in [4.78, 5) is 2.49. The van der Waals surface area contributed by atoms with E-state index >= 15 is 0 Å². The van der Waals surface area contributed by atoms with E-state index in [1.165, 1.54) is 0 Å². The summed E-state index contributed by atoms with van der Waals surface area (Å²) in [6, 6.07) is 0.590. The molecule has 2 atom stereocenters. The molecule has 0 aromatic carbocycles. The molecule has 0 aromatic heterocycles. The molecule has 2 unspecified atom stereocenters. The highest BCUT2D eigenvalue weighted by Crippen LogP contribution is 2.11. The van der Waals surface area contributed by atoms with E-state index in [9.17, 15) is 0 Å². The molecule has 0 saturated carbocycles. The molecule has 0 radical (unpaired) electrons. The Morgan fingerprint density at radius 3 is 2.77 bits per heavy atom. The fourth-order valence-corrected chi connectivity index (χ4v) is 1.73. The zero-order chi connectivity index (χ0) is 9.68. The first kappa shape index (κ1) is 11.0. The van der Waals surface area contributed by atoms with Crippen LogP contribution in [0, 0.1) is 5.92 Å². The van der Waals surface area contributed by atoms with Crippen molar-refractivity contribution in [3.8, 4) is 0 Å². The van der Waals surface area contributed by atoms with Crippen LogP contribution in [0.3, 0.4) is 0 Å². The summed E-state index contributed by atoms with van der Waals surface area (Å²) in [6.07, 6.45) is 1.15. The van der Waals surface area contributed by atoms with Gasteiger partial charge in [0.15, 0.2) is 0 Å². The Morgan fingerprint density at radius 1 is 1.31 bits per heavy atom. The second-order valence-electron chi connectivity index (χ2n) is 3.96. The van der Waals surface area contributed by atoms with Gasteiger partial charge < -0.3 is 10.5 Å². The van der Waals surface area contributed by atoms with Gasteiger partial charge in [0.25, 0.3) is 0 Å². The normalized spacial score (nSPS) is 25.2. The average molecular weight is 186 g/mol. The number of hydrogen-bond acceptors (Lipinski definition) is 3. The van der Waals surface area contributed by atoms with Gasteiger partial charge in [0.05, 0.1) is 6.61 Å². The highest BCUT2D eigenvalue weighted by Gasteiger charge is 2.19. The lowest BCUT2D eigenvalue weighted by molar-refractivity contribution is 0.123. The molecule has 3 nitrogen and oxygen atoms in total. The van der Waals surface area contributed by atoms with Gasteiger partial charge in [-0.15, -0.1) is 0 Å². The van der Waals surface area contributed by atoms with Gasteiger partial charge in [0.2, 0.25) is 0 Å².